The molecule has 1 fully saturated rings. The zero-order valence-corrected chi connectivity index (χ0v) is 12.1. The minimum Gasteiger partial charge on any atom is -0.479 e. The molecule has 1 aromatic carbocycles. The van der Waals surface area contributed by atoms with Crippen molar-refractivity contribution in [3.05, 3.63) is 36.0 Å². The fraction of sp³-hybridized carbons (Fsp3) is 0.312. The number of carboxylic acids is 1. The lowest BCUT2D eigenvalue weighted by molar-refractivity contribution is -0.154. The molecule has 0 radical (unpaired) electrons. The van der Waals surface area contributed by atoms with Crippen LogP contribution in [0.3, 0.4) is 0 Å². The number of carbonyl (C=O) groups is 1. The van der Waals surface area contributed by atoms with Gasteiger partial charge in [-0.2, -0.15) is 5.26 Å². The van der Waals surface area contributed by atoms with Crippen molar-refractivity contribution in [1.29, 1.82) is 5.26 Å². The van der Waals surface area contributed by atoms with E-state index in [-0.39, 0.29) is 12.6 Å². The van der Waals surface area contributed by atoms with Crippen LogP contribution in [0.25, 0.3) is 10.9 Å². The van der Waals surface area contributed by atoms with Gasteiger partial charge in [-0.05, 0) is 31.2 Å². The van der Waals surface area contributed by atoms with Gasteiger partial charge in [-0.3, -0.25) is 4.98 Å². The zero-order chi connectivity index (χ0) is 15.7. The monoisotopic (exact) mass is 297 g/mol. The highest BCUT2D eigenvalue weighted by Gasteiger charge is 2.31. The van der Waals surface area contributed by atoms with E-state index >= 15 is 0 Å². The van der Waals surface area contributed by atoms with E-state index in [1.54, 1.807) is 12.3 Å². The fourth-order valence-electron chi connectivity index (χ4n) is 2.81. The van der Waals surface area contributed by atoms with Gasteiger partial charge in [0.15, 0.2) is 6.10 Å². The maximum Gasteiger partial charge on any atom is 0.334 e. The smallest absolute Gasteiger partial charge is 0.334 e. The normalized spacial score (nSPS) is 21.5. The molecule has 0 bridgehead atoms. The van der Waals surface area contributed by atoms with Crippen LogP contribution in [0, 0.1) is 11.3 Å². The standard InChI is InChI=1S/C16H15N3O3/c1-10-8-19(9-14(22-10)16(20)21)13-5-4-11(7-17)15-12(13)3-2-6-18-15/h2-6,10,14H,8-9H2,1H3,(H,20,21)/t10?,14-/m1/s1. The first-order chi connectivity index (χ1) is 10.6. The van der Waals surface area contributed by atoms with Crippen LogP contribution in [0.15, 0.2) is 30.5 Å². The Labute approximate surface area is 127 Å². The number of pyridine rings is 1. The number of aliphatic carboxylic acids is 1. The molecule has 0 amide bonds. The molecule has 2 aromatic rings. The Bertz CT molecular complexity index is 769. The molecule has 0 aliphatic carbocycles. The molecule has 1 aliphatic heterocycles. The summed E-state index contributed by atoms with van der Waals surface area (Å²) in [4.78, 5) is 17.5. The maximum atomic E-state index is 11.2. The van der Waals surface area contributed by atoms with Crippen molar-refractivity contribution in [3.8, 4) is 6.07 Å². The second-order valence-corrected chi connectivity index (χ2v) is 5.32. The van der Waals surface area contributed by atoms with Gasteiger partial charge in [-0.25, -0.2) is 4.79 Å². The van der Waals surface area contributed by atoms with Gasteiger partial charge in [-0.1, -0.05) is 0 Å². The first-order valence-electron chi connectivity index (χ1n) is 7.01. The predicted molar refractivity (Wildman–Crippen MR) is 80.6 cm³/mol. The number of nitrogens with zero attached hydrogens (tertiary/aromatic N) is 3. The molecule has 1 aromatic heterocycles. The number of benzene rings is 1. The maximum absolute atomic E-state index is 11.2. The van der Waals surface area contributed by atoms with Crippen LogP contribution in [0.1, 0.15) is 12.5 Å². The molecule has 0 spiro atoms. The van der Waals surface area contributed by atoms with Gasteiger partial charge < -0.3 is 14.7 Å². The minimum atomic E-state index is -0.965. The topological polar surface area (TPSA) is 86.5 Å². The minimum absolute atomic E-state index is 0.183. The van der Waals surface area contributed by atoms with Crippen molar-refractivity contribution in [2.24, 2.45) is 0 Å². The van der Waals surface area contributed by atoms with Crippen LogP contribution in [-0.4, -0.2) is 41.4 Å². The van der Waals surface area contributed by atoms with Crippen molar-refractivity contribution in [2.75, 3.05) is 18.0 Å². The summed E-state index contributed by atoms with van der Waals surface area (Å²) in [6.07, 6.45) is 0.609. The fourth-order valence-corrected chi connectivity index (χ4v) is 2.81. The average molecular weight is 297 g/mol. The van der Waals surface area contributed by atoms with Crippen molar-refractivity contribution >= 4 is 22.6 Å². The predicted octanol–water partition coefficient (Wildman–Crippen LogP) is 1.78. The third kappa shape index (κ3) is 2.47. The summed E-state index contributed by atoms with van der Waals surface area (Å²) in [5.74, 6) is -0.965. The molecule has 22 heavy (non-hydrogen) atoms. The quantitative estimate of drug-likeness (QED) is 0.909. The Morgan fingerprint density at radius 3 is 3.00 bits per heavy atom. The molecule has 6 heteroatoms. The Balaban J connectivity index is 2.07. The number of anilines is 1. The molecule has 6 nitrogen and oxygen atoms in total. The summed E-state index contributed by atoms with van der Waals surface area (Å²) in [7, 11) is 0. The number of carboxylic acid groups (broad SMARTS) is 1. The SMILES string of the molecule is CC1CN(c2ccc(C#N)c3ncccc23)C[C@H](C(=O)O)O1. The third-order valence-electron chi connectivity index (χ3n) is 3.74. The Morgan fingerprint density at radius 1 is 1.45 bits per heavy atom. The van der Waals surface area contributed by atoms with Crippen LogP contribution in [-0.2, 0) is 9.53 Å². The van der Waals surface area contributed by atoms with Crippen molar-refractivity contribution in [2.45, 2.75) is 19.1 Å². The zero-order valence-electron chi connectivity index (χ0n) is 12.1. The number of hydrogen-bond donors (Lipinski definition) is 1. The Morgan fingerprint density at radius 2 is 2.27 bits per heavy atom. The largest absolute Gasteiger partial charge is 0.479 e. The molecule has 3 rings (SSSR count). The van der Waals surface area contributed by atoms with Crippen molar-refractivity contribution in [3.63, 3.8) is 0 Å². The van der Waals surface area contributed by atoms with E-state index in [0.29, 0.717) is 17.6 Å². The second-order valence-electron chi connectivity index (χ2n) is 5.32. The van der Waals surface area contributed by atoms with E-state index < -0.39 is 12.1 Å². The summed E-state index contributed by atoms with van der Waals surface area (Å²) in [6, 6.07) is 9.41. The van der Waals surface area contributed by atoms with Gasteiger partial charge in [0.25, 0.3) is 0 Å². The van der Waals surface area contributed by atoms with E-state index in [1.165, 1.54) is 0 Å². The number of rotatable bonds is 2. The third-order valence-corrected chi connectivity index (χ3v) is 3.74. The van der Waals surface area contributed by atoms with E-state index in [4.69, 9.17) is 4.74 Å². The van der Waals surface area contributed by atoms with E-state index in [2.05, 4.69) is 11.1 Å². The number of aromatic nitrogens is 1. The van der Waals surface area contributed by atoms with Crippen LogP contribution in [0.5, 0.6) is 0 Å². The summed E-state index contributed by atoms with van der Waals surface area (Å²) < 4.78 is 5.45. The number of ether oxygens (including phenoxy) is 1. The highest BCUT2D eigenvalue weighted by Crippen LogP contribution is 2.30. The lowest BCUT2D eigenvalue weighted by Crippen LogP contribution is -2.49. The van der Waals surface area contributed by atoms with Gasteiger partial charge in [0.05, 0.1) is 23.7 Å². The molecule has 2 atom stereocenters. The van der Waals surface area contributed by atoms with Crippen LogP contribution >= 0.6 is 0 Å². The second kappa shape index (κ2) is 5.62. The van der Waals surface area contributed by atoms with Crippen LogP contribution in [0.4, 0.5) is 5.69 Å². The number of fused-ring (bicyclic) bond motifs is 1. The molecule has 2 heterocycles. The molecule has 1 aliphatic rings. The van der Waals surface area contributed by atoms with E-state index in [1.807, 2.05) is 30.0 Å². The van der Waals surface area contributed by atoms with Gasteiger partial charge in [0.1, 0.15) is 6.07 Å². The molecule has 1 saturated heterocycles. The van der Waals surface area contributed by atoms with Gasteiger partial charge in [0, 0.05) is 23.8 Å². The summed E-state index contributed by atoms with van der Waals surface area (Å²) in [5.41, 5.74) is 2.02. The van der Waals surface area contributed by atoms with Crippen LogP contribution < -0.4 is 4.90 Å². The highest BCUT2D eigenvalue weighted by atomic mass is 16.5. The molecule has 0 saturated carbocycles. The first kappa shape index (κ1) is 14.3. The number of morpholine rings is 1. The Hall–Kier alpha value is -2.65. The average Bonchev–Trinajstić information content (AvgIpc) is 2.53. The van der Waals surface area contributed by atoms with E-state index in [9.17, 15) is 15.2 Å². The summed E-state index contributed by atoms with van der Waals surface area (Å²) in [5, 5.41) is 19.2. The summed E-state index contributed by atoms with van der Waals surface area (Å²) >= 11 is 0. The molecule has 112 valence electrons. The van der Waals surface area contributed by atoms with Crippen molar-refractivity contribution in [1.82, 2.24) is 4.98 Å². The first-order valence-corrected chi connectivity index (χ1v) is 7.01. The summed E-state index contributed by atoms with van der Waals surface area (Å²) in [6.45, 7) is 2.72. The van der Waals surface area contributed by atoms with Crippen LogP contribution in [0.2, 0.25) is 0 Å². The van der Waals surface area contributed by atoms with Gasteiger partial charge >= 0.3 is 5.97 Å². The molecule has 1 N–H and O–H groups in total. The number of hydrogen-bond acceptors (Lipinski definition) is 5. The molecular formula is C16H15N3O3. The van der Waals surface area contributed by atoms with Crippen molar-refractivity contribution < 1.29 is 14.6 Å². The van der Waals surface area contributed by atoms with Gasteiger partial charge in [0.2, 0.25) is 0 Å². The highest BCUT2D eigenvalue weighted by molar-refractivity contribution is 5.95. The number of nitriles is 1. The van der Waals surface area contributed by atoms with E-state index in [0.717, 1.165) is 11.1 Å². The Kier molecular flexibility index (Phi) is 3.65. The molecular weight excluding hydrogens is 282 g/mol. The lowest BCUT2D eigenvalue weighted by Gasteiger charge is -2.37. The lowest BCUT2D eigenvalue weighted by atomic mass is 10.1. The molecule has 1 unspecified atom stereocenters. The van der Waals surface area contributed by atoms with Gasteiger partial charge in [-0.15, -0.1) is 0 Å².